The highest BCUT2D eigenvalue weighted by atomic mass is 79.9. The normalized spacial score (nSPS) is 14.2. The van der Waals surface area contributed by atoms with Gasteiger partial charge in [0.05, 0.1) is 16.0 Å². The highest BCUT2D eigenvalue weighted by Crippen LogP contribution is 2.40. The molecule has 0 atom stereocenters. The van der Waals surface area contributed by atoms with E-state index >= 15 is 0 Å². The molecular weight excluding hydrogens is 596 g/mol. The van der Waals surface area contributed by atoms with Crippen LogP contribution in [-0.2, 0) is 11.4 Å². The first-order valence-corrected chi connectivity index (χ1v) is 14.2. The van der Waals surface area contributed by atoms with Gasteiger partial charge < -0.3 is 9.47 Å². The van der Waals surface area contributed by atoms with Crippen LogP contribution >= 0.6 is 39.9 Å². The van der Waals surface area contributed by atoms with Gasteiger partial charge in [0.25, 0.3) is 11.8 Å². The molecule has 1 N–H and O–H groups in total. The summed E-state index contributed by atoms with van der Waals surface area (Å²) in [5, 5.41) is 3.38. The quantitative estimate of drug-likeness (QED) is 0.167. The van der Waals surface area contributed by atoms with Gasteiger partial charge in [0.1, 0.15) is 6.61 Å². The van der Waals surface area contributed by atoms with E-state index in [-0.39, 0.29) is 4.32 Å². The van der Waals surface area contributed by atoms with Gasteiger partial charge in [-0.05, 0) is 87.3 Å². The van der Waals surface area contributed by atoms with Crippen LogP contribution in [-0.4, -0.2) is 27.8 Å². The Hall–Kier alpha value is -3.66. The van der Waals surface area contributed by atoms with Crippen LogP contribution < -0.4 is 14.9 Å². The molecule has 196 valence electrons. The summed E-state index contributed by atoms with van der Waals surface area (Å²) in [4.78, 5) is 26.0. The molecule has 9 heteroatoms. The summed E-state index contributed by atoms with van der Waals surface area (Å²) in [6, 6.07) is 26.6. The molecule has 4 aromatic rings. The van der Waals surface area contributed by atoms with Crippen molar-refractivity contribution >= 4 is 72.9 Å². The minimum atomic E-state index is -0.415. The number of hydrogen-bond acceptors (Lipinski definition) is 6. The van der Waals surface area contributed by atoms with Crippen molar-refractivity contribution in [3.8, 4) is 11.5 Å². The van der Waals surface area contributed by atoms with Gasteiger partial charge in [-0.2, -0.15) is 5.01 Å². The Balaban J connectivity index is 1.36. The van der Waals surface area contributed by atoms with Crippen molar-refractivity contribution in [1.29, 1.82) is 0 Å². The second kappa shape index (κ2) is 12.0. The van der Waals surface area contributed by atoms with Gasteiger partial charge in [0, 0.05) is 5.56 Å². The van der Waals surface area contributed by atoms with Gasteiger partial charge in [-0.15, -0.1) is 0 Å². The molecule has 0 unspecified atom stereocenters. The Morgan fingerprint density at radius 2 is 1.77 bits per heavy atom. The number of nitrogens with zero attached hydrogens (tertiary/aromatic N) is 1. The molecule has 1 saturated heterocycles. The third-order valence-electron chi connectivity index (χ3n) is 5.92. The van der Waals surface area contributed by atoms with E-state index in [9.17, 15) is 9.59 Å². The minimum Gasteiger partial charge on any atom is -0.490 e. The van der Waals surface area contributed by atoms with Crippen LogP contribution in [0.5, 0.6) is 11.5 Å². The molecule has 39 heavy (non-hydrogen) atoms. The molecule has 6 nitrogen and oxygen atoms in total. The lowest BCUT2D eigenvalue weighted by molar-refractivity contribution is -0.123. The topological polar surface area (TPSA) is 67.9 Å². The summed E-state index contributed by atoms with van der Waals surface area (Å²) in [7, 11) is 0. The molecule has 0 aromatic heterocycles. The zero-order valence-corrected chi connectivity index (χ0v) is 24.1. The lowest BCUT2D eigenvalue weighted by Gasteiger charge is -2.16. The summed E-state index contributed by atoms with van der Waals surface area (Å²) < 4.78 is 13.1. The summed E-state index contributed by atoms with van der Waals surface area (Å²) >= 11 is 10.1. The predicted molar refractivity (Wildman–Crippen MR) is 163 cm³/mol. The molecular formula is C30H23BrN2O4S2. The van der Waals surface area contributed by atoms with E-state index in [1.807, 2.05) is 49.4 Å². The number of carbonyl (C=O) groups is 2. The van der Waals surface area contributed by atoms with E-state index < -0.39 is 11.8 Å². The summed E-state index contributed by atoms with van der Waals surface area (Å²) in [6.07, 6.45) is 1.72. The maximum Gasteiger partial charge on any atom is 0.285 e. The van der Waals surface area contributed by atoms with Crippen molar-refractivity contribution in [2.75, 3.05) is 6.61 Å². The van der Waals surface area contributed by atoms with Gasteiger partial charge in [0.15, 0.2) is 15.8 Å². The van der Waals surface area contributed by atoms with Crippen molar-refractivity contribution < 1.29 is 19.1 Å². The molecule has 2 amide bonds. The molecule has 1 aliphatic heterocycles. The summed E-state index contributed by atoms with van der Waals surface area (Å²) in [6.45, 7) is 2.70. The number of nitrogens with one attached hydrogen (secondary N) is 1. The fourth-order valence-electron chi connectivity index (χ4n) is 4.11. The van der Waals surface area contributed by atoms with Crippen molar-refractivity contribution in [1.82, 2.24) is 10.4 Å². The van der Waals surface area contributed by atoms with Crippen molar-refractivity contribution in [2.24, 2.45) is 0 Å². The molecule has 0 spiro atoms. The first-order valence-electron chi connectivity index (χ1n) is 12.1. The zero-order valence-electron chi connectivity index (χ0n) is 20.8. The number of hydrogen-bond donors (Lipinski definition) is 1. The molecule has 1 fully saturated rings. The smallest absolute Gasteiger partial charge is 0.285 e. The Morgan fingerprint density at radius 1 is 1.03 bits per heavy atom. The molecule has 4 aromatic carbocycles. The highest BCUT2D eigenvalue weighted by molar-refractivity contribution is 9.10. The maximum atomic E-state index is 13.1. The van der Waals surface area contributed by atoms with E-state index in [4.69, 9.17) is 21.7 Å². The number of ether oxygens (including phenoxy) is 2. The van der Waals surface area contributed by atoms with Gasteiger partial charge >= 0.3 is 0 Å². The van der Waals surface area contributed by atoms with Crippen molar-refractivity contribution in [3.05, 3.63) is 111 Å². The standard InChI is InChI=1S/C30H23BrN2O4S2/c1-2-36-25-16-19(15-24(31)27(25)37-18-22-13-8-12-20-9-6-7-14-23(20)22)17-26-29(35)33(30(38)39-26)32-28(34)21-10-4-3-5-11-21/h3-17H,2,18H2,1H3,(H,32,34)/b26-17+. The Labute approximate surface area is 244 Å². The SMILES string of the molecule is CCOc1cc(/C=C2/SC(=S)N(NC(=O)c3ccccc3)C2=O)cc(Br)c1OCc1cccc2ccccc12. The first-order chi connectivity index (χ1) is 18.9. The average Bonchev–Trinajstić information content (AvgIpc) is 3.20. The number of thiocarbonyl (C=S) groups is 1. The van der Waals surface area contributed by atoms with Crippen LogP contribution in [0.1, 0.15) is 28.4 Å². The van der Waals surface area contributed by atoms with Crippen LogP contribution in [0, 0.1) is 0 Å². The van der Waals surface area contributed by atoms with Gasteiger partial charge in [0.2, 0.25) is 0 Å². The number of hydrazine groups is 1. The van der Waals surface area contributed by atoms with Crippen LogP contribution in [0.3, 0.4) is 0 Å². The highest BCUT2D eigenvalue weighted by Gasteiger charge is 2.34. The summed E-state index contributed by atoms with van der Waals surface area (Å²) in [5.74, 6) is 0.303. The van der Waals surface area contributed by atoms with Crippen LogP contribution in [0.2, 0.25) is 0 Å². The predicted octanol–water partition coefficient (Wildman–Crippen LogP) is 7.13. The average molecular weight is 620 g/mol. The first kappa shape index (κ1) is 26.9. The number of halogens is 1. The minimum absolute atomic E-state index is 0.245. The lowest BCUT2D eigenvalue weighted by atomic mass is 10.1. The third kappa shape index (κ3) is 6.00. The number of amides is 2. The number of fused-ring (bicyclic) bond motifs is 1. The lowest BCUT2D eigenvalue weighted by Crippen LogP contribution is -2.44. The molecule has 0 bridgehead atoms. The van der Waals surface area contributed by atoms with E-state index in [0.717, 1.165) is 38.7 Å². The Morgan fingerprint density at radius 3 is 2.56 bits per heavy atom. The maximum absolute atomic E-state index is 13.1. The van der Waals surface area contributed by atoms with E-state index in [1.165, 1.54) is 0 Å². The Bertz CT molecular complexity index is 1600. The fraction of sp³-hybridized carbons (Fsp3) is 0.100. The van der Waals surface area contributed by atoms with E-state index in [2.05, 4.69) is 39.6 Å². The summed E-state index contributed by atoms with van der Waals surface area (Å²) in [5.41, 5.74) is 4.81. The molecule has 0 radical (unpaired) electrons. The molecule has 1 heterocycles. The number of thioether (sulfide) groups is 1. The van der Waals surface area contributed by atoms with Crippen LogP contribution in [0.4, 0.5) is 0 Å². The van der Waals surface area contributed by atoms with Crippen LogP contribution in [0.15, 0.2) is 94.3 Å². The second-order valence-electron chi connectivity index (χ2n) is 8.51. The third-order valence-corrected chi connectivity index (χ3v) is 7.82. The van der Waals surface area contributed by atoms with Gasteiger partial charge in [-0.3, -0.25) is 15.0 Å². The molecule has 5 rings (SSSR count). The van der Waals surface area contributed by atoms with Gasteiger partial charge in [-0.1, -0.05) is 72.4 Å². The van der Waals surface area contributed by atoms with Crippen molar-refractivity contribution in [3.63, 3.8) is 0 Å². The monoisotopic (exact) mass is 618 g/mol. The number of rotatable bonds is 8. The number of benzene rings is 4. The number of carbonyl (C=O) groups excluding carboxylic acids is 2. The Kier molecular flexibility index (Phi) is 8.30. The second-order valence-corrected chi connectivity index (χ2v) is 11.0. The van der Waals surface area contributed by atoms with Crippen molar-refractivity contribution in [2.45, 2.75) is 13.5 Å². The van der Waals surface area contributed by atoms with E-state index in [0.29, 0.717) is 39.7 Å². The van der Waals surface area contributed by atoms with Crippen LogP contribution in [0.25, 0.3) is 16.8 Å². The molecule has 0 saturated carbocycles. The largest absolute Gasteiger partial charge is 0.490 e. The van der Waals surface area contributed by atoms with E-state index in [1.54, 1.807) is 30.3 Å². The van der Waals surface area contributed by atoms with Gasteiger partial charge in [-0.25, -0.2) is 0 Å². The fourth-order valence-corrected chi connectivity index (χ4v) is 5.87. The molecule has 0 aliphatic carbocycles. The zero-order chi connectivity index (χ0) is 27.4. The molecule has 1 aliphatic rings.